The lowest BCUT2D eigenvalue weighted by atomic mass is 10.3. The third kappa shape index (κ3) is 5.49. The Labute approximate surface area is 159 Å². The third-order valence-electron chi connectivity index (χ3n) is 3.66. The van der Waals surface area contributed by atoms with E-state index in [0.717, 1.165) is 36.2 Å². The summed E-state index contributed by atoms with van der Waals surface area (Å²) in [4.78, 5) is 12.3. The molecule has 7 heteroatoms. The van der Waals surface area contributed by atoms with Crippen LogP contribution in [-0.4, -0.2) is 41.1 Å². The van der Waals surface area contributed by atoms with Crippen LogP contribution in [0.15, 0.2) is 23.3 Å². The van der Waals surface area contributed by atoms with Crippen molar-refractivity contribution in [3.05, 3.63) is 39.6 Å². The van der Waals surface area contributed by atoms with Crippen molar-refractivity contribution in [2.75, 3.05) is 20.6 Å². The molecule has 0 aromatic carbocycles. The number of nitrogens with zero attached hydrogens (tertiary/aromatic N) is 4. The predicted octanol–water partition coefficient (Wildman–Crippen LogP) is 2.97. The minimum atomic E-state index is 0. The van der Waals surface area contributed by atoms with E-state index in [1.54, 1.807) is 11.3 Å². The number of rotatable bonds is 5. The van der Waals surface area contributed by atoms with Gasteiger partial charge in [0.05, 0.1) is 17.2 Å². The van der Waals surface area contributed by atoms with Crippen LogP contribution in [0.3, 0.4) is 0 Å². The Morgan fingerprint density at radius 1 is 1.43 bits per heavy atom. The molecule has 0 saturated heterocycles. The normalized spacial score (nSPS) is 11.3. The molecule has 1 N–H and O–H groups in total. The van der Waals surface area contributed by atoms with Crippen LogP contribution in [0.25, 0.3) is 0 Å². The summed E-state index contributed by atoms with van der Waals surface area (Å²) in [6, 6.07) is 4.20. The maximum atomic E-state index is 4.47. The first kappa shape index (κ1) is 20.0. The van der Waals surface area contributed by atoms with Crippen molar-refractivity contribution in [3.8, 4) is 0 Å². The van der Waals surface area contributed by atoms with Gasteiger partial charge in [-0.25, -0.2) is 4.98 Å². The Balaban J connectivity index is 0.00000264. The van der Waals surface area contributed by atoms with E-state index in [1.807, 2.05) is 7.05 Å². The first-order chi connectivity index (χ1) is 10.5. The monoisotopic (exact) mass is 447 g/mol. The highest BCUT2D eigenvalue weighted by Gasteiger charge is 2.09. The van der Waals surface area contributed by atoms with E-state index in [0.29, 0.717) is 0 Å². The van der Waals surface area contributed by atoms with Crippen LogP contribution in [0.2, 0.25) is 0 Å². The molecule has 2 heterocycles. The van der Waals surface area contributed by atoms with Gasteiger partial charge in [-0.15, -0.1) is 35.3 Å². The molecule has 0 amide bonds. The van der Waals surface area contributed by atoms with Crippen molar-refractivity contribution in [3.63, 3.8) is 0 Å². The lowest BCUT2D eigenvalue weighted by Crippen LogP contribution is -2.39. The largest absolute Gasteiger partial charge is 0.356 e. The molecule has 23 heavy (non-hydrogen) atoms. The molecule has 2 aromatic heterocycles. The van der Waals surface area contributed by atoms with Gasteiger partial charge in [0, 0.05) is 50.9 Å². The lowest BCUT2D eigenvalue weighted by molar-refractivity contribution is 0.462. The van der Waals surface area contributed by atoms with E-state index in [2.05, 4.69) is 71.0 Å². The van der Waals surface area contributed by atoms with E-state index in [4.69, 9.17) is 0 Å². The van der Waals surface area contributed by atoms with Gasteiger partial charge >= 0.3 is 0 Å². The highest BCUT2D eigenvalue weighted by Crippen LogP contribution is 2.17. The fraction of sp³-hybridized carbons (Fsp3) is 0.500. The van der Waals surface area contributed by atoms with Gasteiger partial charge in [-0.2, -0.15) is 0 Å². The van der Waals surface area contributed by atoms with Crippen molar-refractivity contribution >= 4 is 41.3 Å². The minimum absolute atomic E-state index is 0. The summed E-state index contributed by atoms with van der Waals surface area (Å²) < 4.78 is 2.13. The molecule has 2 aromatic rings. The Bertz CT molecular complexity index is 647. The molecule has 0 atom stereocenters. The summed E-state index contributed by atoms with van der Waals surface area (Å²) in [5, 5.41) is 4.57. The Hall–Kier alpha value is -1.09. The van der Waals surface area contributed by atoms with E-state index in [9.17, 15) is 0 Å². The number of hydrogen-bond donors (Lipinski definition) is 1. The highest BCUT2D eigenvalue weighted by atomic mass is 127. The molecule has 2 rings (SSSR count). The van der Waals surface area contributed by atoms with Crippen molar-refractivity contribution in [1.29, 1.82) is 0 Å². The average Bonchev–Trinajstić information content (AvgIpc) is 3.01. The molecule has 0 radical (unpaired) electrons. The van der Waals surface area contributed by atoms with E-state index < -0.39 is 0 Å². The van der Waals surface area contributed by atoms with Gasteiger partial charge in [-0.1, -0.05) is 0 Å². The minimum Gasteiger partial charge on any atom is -0.356 e. The van der Waals surface area contributed by atoms with Crippen molar-refractivity contribution in [2.24, 2.45) is 12.0 Å². The number of aromatic nitrogens is 2. The molecule has 0 unspecified atom stereocenters. The van der Waals surface area contributed by atoms with Crippen LogP contribution in [-0.2, 0) is 20.0 Å². The Morgan fingerprint density at radius 3 is 2.70 bits per heavy atom. The number of aliphatic imine (C=N–C) groups is 1. The zero-order valence-corrected chi connectivity index (χ0v) is 17.6. The van der Waals surface area contributed by atoms with Crippen molar-refractivity contribution in [1.82, 2.24) is 19.8 Å². The van der Waals surface area contributed by atoms with Crippen molar-refractivity contribution in [2.45, 2.75) is 26.8 Å². The summed E-state index contributed by atoms with van der Waals surface area (Å²) in [5.41, 5.74) is 2.41. The highest BCUT2D eigenvalue weighted by molar-refractivity contribution is 14.0. The number of nitrogens with one attached hydrogen (secondary N) is 1. The Kier molecular flexibility index (Phi) is 8.04. The quantitative estimate of drug-likeness (QED) is 0.436. The molecule has 5 nitrogen and oxygen atoms in total. The zero-order valence-electron chi connectivity index (χ0n) is 14.5. The van der Waals surface area contributed by atoms with E-state index in [1.165, 1.54) is 10.6 Å². The SMILES string of the molecule is CN=C(NCCc1sc(C)nc1C)N(C)Cc1cccn1C.I. The molecule has 0 spiro atoms. The molecule has 0 saturated carbocycles. The predicted molar refractivity (Wildman–Crippen MR) is 109 cm³/mol. The first-order valence-corrected chi connectivity index (χ1v) is 8.27. The maximum Gasteiger partial charge on any atom is 0.193 e. The molecule has 0 aliphatic carbocycles. The van der Waals surface area contributed by atoms with Crippen LogP contribution in [0, 0.1) is 13.8 Å². The van der Waals surface area contributed by atoms with Gasteiger partial charge in [-0.3, -0.25) is 4.99 Å². The molecule has 128 valence electrons. The molecule has 0 aliphatic heterocycles. The standard InChI is InChI=1S/C16H25N5S.HI/c1-12-15(22-13(2)19-12)8-9-18-16(17-3)21(5)11-14-7-6-10-20(14)4;/h6-7,10H,8-9,11H2,1-5H3,(H,17,18);1H. The van der Waals surface area contributed by atoms with Gasteiger partial charge in [0.2, 0.25) is 0 Å². The second-order valence-corrected chi connectivity index (χ2v) is 6.72. The fourth-order valence-corrected chi connectivity index (χ4v) is 3.39. The zero-order chi connectivity index (χ0) is 16.1. The van der Waals surface area contributed by atoms with Crippen LogP contribution >= 0.6 is 35.3 Å². The summed E-state index contributed by atoms with van der Waals surface area (Å²) >= 11 is 1.78. The molecule has 0 bridgehead atoms. The number of hydrogen-bond acceptors (Lipinski definition) is 3. The summed E-state index contributed by atoms with van der Waals surface area (Å²) in [6.45, 7) is 5.84. The van der Waals surface area contributed by atoms with Gasteiger partial charge in [0.1, 0.15) is 0 Å². The summed E-state index contributed by atoms with van der Waals surface area (Å²) in [5.74, 6) is 0.917. The van der Waals surface area contributed by atoms with Crippen LogP contribution in [0.5, 0.6) is 0 Å². The van der Waals surface area contributed by atoms with Crippen LogP contribution in [0.4, 0.5) is 0 Å². The number of thiazole rings is 1. The second kappa shape index (κ2) is 9.27. The molecule has 0 fully saturated rings. The first-order valence-electron chi connectivity index (χ1n) is 7.46. The second-order valence-electron chi connectivity index (χ2n) is 5.43. The Morgan fingerprint density at radius 2 is 2.17 bits per heavy atom. The van der Waals surface area contributed by atoms with E-state index >= 15 is 0 Å². The van der Waals surface area contributed by atoms with E-state index in [-0.39, 0.29) is 24.0 Å². The fourth-order valence-electron chi connectivity index (χ4n) is 2.46. The summed E-state index contributed by atoms with van der Waals surface area (Å²) in [6.07, 6.45) is 3.04. The van der Waals surface area contributed by atoms with Crippen LogP contribution < -0.4 is 5.32 Å². The molecule has 0 aliphatic rings. The van der Waals surface area contributed by atoms with Crippen LogP contribution in [0.1, 0.15) is 21.3 Å². The summed E-state index contributed by atoms with van der Waals surface area (Å²) in [7, 11) is 5.95. The molecular formula is C16H26IN5S. The smallest absolute Gasteiger partial charge is 0.193 e. The average molecular weight is 447 g/mol. The number of halogens is 1. The third-order valence-corrected chi connectivity index (χ3v) is 4.79. The van der Waals surface area contributed by atoms with Gasteiger partial charge in [-0.05, 0) is 26.0 Å². The van der Waals surface area contributed by atoms with Gasteiger partial charge in [0.25, 0.3) is 0 Å². The lowest BCUT2D eigenvalue weighted by Gasteiger charge is -2.22. The molecular weight excluding hydrogens is 421 g/mol. The van der Waals surface area contributed by atoms with Crippen molar-refractivity contribution < 1.29 is 0 Å². The number of aryl methyl sites for hydroxylation is 3. The van der Waals surface area contributed by atoms with Gasteiger partial charge in [0.15, 0.2) is 5.96 Å². The van der Waals surface area contributed by atoms with Gasteiger partial charge < -0.3 is 14.8 Å². The maximum absolute atomic E-state index is 4.47. The number of guanidine groups is 1. The topological polar surface area (TPSA) is 45.5 Å².